The van der Waals surface area contributed by atoms with Crippen molar-refractivity contribution in [1.29, 1.82) is 0 Å². The number of hydrogen-bond acceptors (Lipinski definition) is 4. The predicted octanol–water partition coefficient (Wildman–Crippen LogP) is 2.65. The summed E-state index contributed by atoms with van der Waals surface area (Å²) in [7, 11) is 0. The number of Topliss-reactive ketones (excluding diaryl/α,β-unsaturated/α-hetero) is 1. The van der Waals surface area contributed by atoms with Gasteiger partial charge in [0.05, 0.1) is 17.6 Å². The summed E-state index contributed by atoms with van der Waals surface area (Å²) in [4.78, 5) is 24.9. The molecule has 0 spiro atoms. The van der Waals surface area contributed by atoms with Crippen molar-refractivity contribution in [3.8, 4) is 0 Å². The van der Waals surface area contributed by atoms with Crippen LogP contribution in [0.5, 0.6) is 0 Å². The van der Waals surface area contributed by atoms with Crippen LogP contribution in [0, 0.1) is 5.41 Å². The summed E-state index contributed by atoms with van der Waals surface area (Å²) >= 11 is 0. The smallest absolute Gasteiger partial charge is 0.338 e. The van der Waals surface area contributed by atoms with Gasteiger partial charge >= 0.3 is 5.97 Å². The lowest BCUT2D eigenvalue weighted by Gasteiger charge is -2.34. The quantitative estimate of drug-likeness (QED) is 0.882. The number of esters is 1. The molecule has 1 aliphatic rings. The van der Waals surface area contributed by atoms with Crippen LogP contribution in [-0.2, 0) is 11.2 Å². The fraction of sp³-hybridized carbons (Fsp3) is 0.263. The van der Waals surface area contributed by atoms with Crippen molar-refractivity contribution < 1.29 is 19.4 Å². The minimum atomic E-state index is -1.04. The van der Waals surface area contributed by atoms with Crippen molar-refractivity contribution >= 4 is 11.8 Å². The molecule has 0 aliphatic heterocycles. The Morgan fingerprint density at radius 3 is 2.52 bits per heavy atom. The van der Waals surface area contributed by atoms with E-state index in [2.05, 4.69) is 0 Å². The van der Waals surface area contributed by atoms with Gasteiger partial charge in [0.15, 0.2) is 5.78 Å². The average Bonchev–Trinajstić information content (AvgIpc) is 2.62. The third kappa shape index (κ3) is 2.90. The van der Waals surface area contributed by atoms with E-state index in [0.29, 0.717) is 24.0 Å². The molecule has 1 N–H and O–H groups in total. The number of aryl methyl sites for hydroxylation is 1. The van der Waals surface area contributed by atoms with Crippen molar-refractivity contribution in [2.24, 2.45) is 5.41 Å². The molecule has 0 unspecified atom stereocenters. The Bertz CT molecular complexity index is 723. The van der Waals surface area contributed by atoms with Gasteiger partial charge in [0.25, 0.3) is 0 Å². The Morgan fingerprint density at radius 1 is 1.09 bits per heavy atom. The van der Waals surface area contributed by atoms with Gasteiger partial charge in [0.1, 0.15) is 6.61 Å². The second-order valence-corrected chi connectivity index (χ2v) is 5.87. The number of hydrogen-bond donors (Lipinski definition) is 1. The van der Waals surface area contributed by atoms with E-state index >= 15 is 0 Å². The van der Waals surface area contributed by atoms with Crippen LogP contribution in [0.1, 0.15) is 32.7 Å². The van der Waals surface area contributed by atoms with Crippen molar-refractivity contribution in [3.63, 3.8) is 0 Å². The lowest BCUT2D eigenvalue weighted by atomic mass is 9.71. The average molecular weight is 310 g/mol. The van der Waals surface area contributed by atoms with Gasteiger partial charge in [-0.3, -0.25) is 4.79 Å². The Hall–Kier alpha value is -2.46. The summed E-state index contributed by atoms with van der Waals surface area (Å²) in [6, 6.07) is 16.0. The summed E-state index contributed by atoms with van der Waals surface area (Å²) in [5, 5.41) is 9.81. The summed E-state index contributed by atoms with van der Waals surface area (Å²) in [5.74, 6) is -0.632. The predicted molar refractivity (Wildman–Crippen MR) is 85.3 cm³/mol. The van der Waals surface area contributed by atoms with E-state index in [1.165, 1.54) is 0 Å². The molecule has 0 radical (unpaired) electrons. The molecule has 3 rings (SSSR count). The molecule has 0 aromatic heterocycles. The van der Waals surface area contributed by atoms with Crippen LogP contribution in [0.3, 0.4) is 0 Å². The first-order valence-electron chi connectivity index (χ1n) is 7.62. The van der Waals surface area contributed by atoms with Gasteiger partial charge in [0.2, 0.25) is 0 Å². The van der Waals surface area contributed by atoms with Gasteiger partial charge in [-0.15, -0.1) is 0 Å². The zero-order chi connectivity index (χ0) is 16.3. The topological polar surface area (TPSA) is 63.6 Å². The second kappa shape index (κ2) is 6.34. The molecule has 0 heterocycles. The molecule has 2 aromatic rings. The number of fused-ring (bicyclic) bond motifs is 1. The Balaban J connectivity index is 1.78. The van der Waals surface area contributed by atoms with E-state index in [1.807, 2.05) is 18.2 Å². The van der Waals surface area contributed by atoms with Crippen LogP contribution < -0.4 is 0 Å². The fourth-order valence-corrected chi connectivity index (χ4v) is 2.93. The monoisotopic (exact) mass is 310 g/mol. The van der Waals surface area contributed by atoms with E-state index in [4.69, 9.17) is 4.74 Å². The summed E-state index contributed by atoms with van der Waals surface area (Å²) in [6.07, 6.45) is 1.16. The number of aliphatic hydroxyl groups excluding tert-OH is 1. The first-order valence-corrected chi connectivity index (χ1v) is 7.62. The largest absolute Gasteiger partial charge is 0.461 e. The highest BCUT2D eigenvalue weighted by atomic mass is 16.5. The standard InChI is InChI=1S/C19H18O4/c20-12-19(13-23-18(22)15-7-2-1-3-8-15)11-10-14-6-4-5-9-16(14)17(19)21/h1-9,20H,10-13H2/t19-/m0/s1. The van der Waals surface area contributed by atoms with Crippen LogP contribution in [0.4, 0.5) is 0 Å². The number of carbonyl (C=O) groups excluding carboxylic acids is 2. The third-order valence-electron chi connectivity index (χ3n) is 4.41. The van der Waals surface area contributed by atoms with E-state index in [0.717, 1.165) is 5.56 Å². The second-order valence-electron chi connectivity index (χ2n) is 5.87. The van der Waals surface area contributed by atoms with Crippen LogP contribution >= 0.6 is 0 Å². The van der Waals surface area contributed by atoms with E-state index in [9.17, 15) is 14.7 Å². The molecule has 4 heteroatoms. The van der Waals surface area contributed by atoms with Gasteiger partial charge in [-0.1, -0.05) is 42.5 Å². The maximum Gasteiger partial charge on any atom is 0.338 e. The Labute approximate surface area is 134 Å². The third-order valence-corrected chi connectivity index (χ3v) is 4.41. The Morgan fingerprint density at radius 2 is 1.78 bits per heavy atom. The van der Waals surface area contributed by atoms with Gasteiger partial charge in [-0.05, 0) is 30.5 Å². The van der Waals surface area contributed by atoms with Crippen molar-refractivity contribution in [3.05, 3.63) is 71.3 Å². The summed E-state index contributed by atoms with van der Waals surface area (Å²) in [6.45, 7) is -0.438. The van der Waals surface area contributed by atoms with Crippen molar-refractivity contribution in [2.45, 2.75) is 12.8 Å². The SMILES string of the molecule is O=C(OC[C@@]1(CO)CCc2ccccc2C1=O)c1ccccc1. The van der Waals surface area contributed by atoms with Crippen molar-refractivity contribution in [2.75, 3.05) is 13.2 Å². The molecular formula is C19H18O4. The van der Waals surface area contributed by atoms with Gasteiger partial charge in [-0.25, -0.2) is 4.79 Å². The molecule has 0 saturated carbocycles. The summed E-state index contributed by atoms with van der Waals surface area (Å²) < 4.78 is 5.33. The minimum Gasteiger partial charge on any atom is -0.461 e. The molecule has 4 nitrogen and oxygen atoms in total. The molecule has 23 heavy (non-hydrogen) atoms. The summed E-state index contributed by atoms with van der Waals surface area (Å²) in [5.41, 5.74) is 0.988. The van der Waals surface area contributed by atoms with E-state index in [-0.39, 0.29) is 19.0 Å². The number of ketones is 1. The van der Waals surface area contributed by atoms with Gasteiger partial charge in [-0.2, -0.15) is 0 Å². The Kier molecular flexibility index (Phi) is 4.26. The van der Waals surface area contributed by atoms with Gasteiger partial charge in [0, 0.05) is 5.56 Å². The minimum absolute atomic E-state index is 0.107. The lowest BCUT2D eigenvalue weighted by molar-refractivity contribution is 0.00931. The number of ether oxygens (including phenoxy) is 1. The highest BCUT2D eigenvalue weighted by Gasteiger charge is 2.43. The van der Waals surface area contributed by atoms with E-state index < -0.39 is 11.4 Å². The molecule has 1 atom stereocenters. The van der Waals surface area contributed by atoms with Crippen LogP contribution in [0.15, 0.2) is 54.6 Å². The molecule has 0 amide bonds. The van der Waals surface area contributed by atoms with Crippen LogP contribution in [0.25, 0.3) is 0 Å². The van der Waals surface area contributed by atoms with Gasteiger partial charge < -0.3 is 9.84 Å². The first-order chi connectivity index (χ1) is 11.2. The number of aliphatic hydroxyl groups is 1. The fourth-order valence-electron chi connectivity index (χ4n) is 2.93. The zero-order valence-corrected chi connectivity index (χ0v) is 12.7. The van der Waals surface area contributed by atoms with Crippen LogP contribution in [-0.4, -0.2) is 30.1 Å². The van der Waals surface area contributed by atoms with Crippen molar-refractivity contribution in [1.82, 2.24) is 0 Å². The molecule has 2 aromatic carbocycles. The molecular weight excluding hydrogens is 292 g/mol. The highest BCUT2D eigenvalue weighted by molar-refractivity contribution is 6.03. The lowest BCUT2D eigenvalue weighted by Crippen LogP contribution is -2.43. The molecule has 0 saturated heterocycles. The normalized spacial score (nSPS) is 20.0. The molecule has 0 bridgehead atoms. The maximum absolute atomic E-state index is 12.8. The van der Waals surface area contributed by atoms with Crippen LogP contribution in [0.2, 0.25) is 0 Å². The highest BCUT2D eigenvalue weighted by Crippen LogP contribution is 2.35. The zero-order valence-electron chi connectivity index (χ0n) is 12.7. The number of benzene rings is 2. The maximum atomic E-state index is 12.8. The van der Waals surface area contributed by atoms with E-state index in [1.54, 1.807) is 36.4 Å². The first kappa shape index (κ1) is 15.4. The molecule has 0 fully saturated rings. The number of carbonyl (C=O) groups is 2. The molecule has 1 aliphatic carbocycles. The molecule has 118 valence electrons. The number of rotatable bonds is 4.